The lowest BCUT2D eigenvalue weighted by Crippen LogP contribution is -2.13. The van der Waals surface area contributed by atoms with E-state index in [0.29, 0.717) is 5.69 Å². The van der Waals surface area contributed by atoms with Gasteiger partial charge in [-0.1, -0.05) is 13.0 Å². The second kappa shape index (κ2) is 7.69. The van der Waals surface area contributed by atoms with Crippen LogP contribution >= 0.6 is 11.8 Å². The molecule has 1 amide bonds. The summed E-state index contributed by atoms with van der Waals surface area (Å²) in [6, 6.07) is 11.3. The molecule has 0 radical (unpaired) electrons. The van der Waals surface area contributed by atoms with E-state index < -0.39 is 0 Å². The summed E-state index contributed by atoms with van der Waals surface area (Å²) in [7, 11) is 0. The molecule has 2 N–H and O–H groups in total. The Morgan fingerprint density at radius 3 is 2.76 bits per heavy atom. The summed E-state index contributed by atoms with van der Waals surface area (Å²) >= 11 is 1.64. The van der Waals surface area contributed by atoms with E-state index in [1.165, 1.54) is 0 Å². The Hall–Kier alpha value is -2.01. The van der Waals surface area contributed by atoms with Crippen LogP contribution in [0.4, 0.5) is 11.4 Å². The fraction of sp³-hybridized carbons (Fsp3) is 0.250. The highest BCUT2D eigenvalue weighted by molar-refractivity contribution is 7.98. The molecule has 1 aromatic carbocycles. The van der Waals surface area contributed by atoms with Gasteiger partial charge in [0.05, 0.1) is 11.9 Å². The van der Waals surface area contributed by atoms with Crippen molar-refractivity contribution in [1.82, 2.24) is 4.98 Å². The number of nitrogens with zero attached hydrogens (tertiary/aromatic N) is 1. The molecule has 0 aliphatic rings. The predicted octanol–water partition coefficient (Wildman–Crippen LogP) is 3.88. The van der Waals surface area contributed by atoms with Crippen LogP contribution in [0.15, 0.2) is 47.5 Å². The molecule has 0 aliphatic carbocycles. The van der Waals surface area contributed by atoms with Crippen LogP contribution in [0.3, 0.4) is 0 Å². The van der Waals surface area contributed by atoms with E-state index >= 15 is 0 Å². The zero-order valence-electron chi connectivity index (χ0n) is 12.2. The van der Waals surface area contributed by atoms with Crippen molar-refractivity contribution in [1.29, 1.82) is 0 Å². The molecule has 0 unspecified atom stereocenters. The zero-order valence-corrected chi connectivity index (χ0v) is 13.0. The molecule has 5 heteroatoms. The first-order valence-corrected chi connectivity index (χ1v) is 8.10. The molecule has 1 aromatic heterocycles. The van der Waals surface area contributed by atoms with Gasteiger partial charge in [0.2, 0.25) is 0 Å². The van der Waals surface area contributed by atoms with Gasteiger partial charge in [-0.05, 0) is 43.0 Å². The van der Waals surface area contributed by atoms with Crippen molar-refractivity contribution in [3.8, 4) is 0 Å². The third kappa shape index (κ3) is 4.49. The average molecular weight is 301 g/mol. The molecule has 0 atom stereocenters. The van der Waals surface area contributed by atoms with Crippen LogP contribution in [0.2, 0.25) is 0 Å². The van der Waals surface area contributed by atoms with E-state index in [-0.39, 0.29) is 5.91 Å². The van der Waals surface area contributed by atoms with Crippen LogP contribution in [0.1, 0.15) is 23.8 Å². The normalized spacial score (nSPS) is 10.2. The van der Waals surface area contributed by atoms with Gasteiger partial charge in [0.15, 0.2) is 0 Å². The minimum atomic E-state index is -0.199. The fourth-order valence-corrected chi connectivity index (χ4v) is 2.26. The maximum absolute atomic E-state index is 12.1. The van der Waals surface area contributed by atoms with E-state index in [2.05, 4.69) is 22.5 Å². The Kier molecular flexibility index (Phi) is 5.63. The molecular formula is C16H19N3OS. The second-order valence-electron chi connectivity index (χ2n) is 4.54. The van der Waals surface area contributed by atoms with Crippen LogP contribution < -0.4 is 10.6 Å². The van der Waals surface area contributed by atoms with Crippen LogP contribution in [-0.2, 0) is 0 Å². The number of carbonyl (C=O) groups is 1. The molecule has 4 nitrogen and oxygen atoms in total. The molecule has 0 fully saturated rings. The molecule has 0 bridgehead atoms. The molecule has 110 valence electrons. The van der Waals surface area contributed by atoms with Gasteiger partial charge in [-0.25, -0.2) is 4.98 Å². The van der Waals surface area contributed by atoms with Gasteiger partial charge in [-0.2, -0.15) is 0 Å². The highest BCUT2D eigenvalue weighted by Gasteiger charge is 2.07. The number of nitrogens with one attached hydrogen (secondary N) is 2. The summed E-state index contributed by atoms with van der Waals surface area (Å²) in [5.41, 5.74) is 2.12. The zero-order chi connectivity index (χ0) is 15.1. The fourth-order valence-electron chi connectivity index (χ4n) is 1.80. The van der Waals surface area contributed by atoms with Crippen molar-refractivity contribution in [3.05, 3.63) is 48.3 Å². The van der Waals surface area contributed by atoms with Crippen molar-refractivity contribution in [2.24, 2.45) is 0 Å². The first-order chi connectivity index (χ1) is 10.2. The number of hydrogen-bond acceptors (Lipinski definition) is 4. The number of thioether (sulfide) groups is 1. The molecule has 2 aromatic rings. The standard InChI is InChI=1S/C16H19N3OS/c1-3-9-17-13-7-8-15(18-11-13)16(20)19-12-5-4-6-14(10-12)21-2/h4-8,10-11,17H,3,9H2,1-2H3,(H,19,20). The summed E-state index contributed by atoms with van der Waals surface area (Å²) in [6.45, 7) is 3.00. The monoisotopic (exact) mass is 301 g/mol. The molecule has 2 rings (SSSR count). The Balaban J connectivity index is 2.02. The number of hydrogen-bond donors (Lipinski definition) is 2. The molecule has 0 saturated heterocycles. The number of carbonyl (C=O) groups excluding carboxylic acids is 1. The topological polar surface area (TPSA) is 54.0 Å². The van der Waals surface area contributed by atoms with Crippen molar-refractivity contribution < 1.29 is 4.79 Å². The Labute approximate surface area is 129 Å². The number of aromatic nitrogens is 1. The maximum Gasteiger partial charge on any atom is 0.274 e. The third-order valence-electron chi connectivity index (χ3n) is 2.90. The first-order valence-electron chi connectivity index (χ1n) is 6.88. The van der Waals surface area contributed by atoms with E-state index in [4.69, 9.17) is 0 Å². The van der Waals surface area contributed by atoms with Crippen LogP contribution in [-0.4, -0.2) is 23.7 Å². The summed E-state index contributed by atoms with van der Waals surface area (Å²) in [4.78, 5) is 17.4. The van der Waals surface area contributed by atoms with E-state index in [9.17, 15) is 4.79 Å². The summed E-state index contributed by atoms with van der Waals surface area (Å²) in [6.07, 6.45) is 4.74. The smallest absolute Gasteiger partial charge is 0.274 e. The van der Waals surface area contributed by atoms with Gasteiger partial charge in [-0.15, -0.1) is 11.8 Å². The van der Waals surface area contributed by atoms with Crippen molar-refractivity contribution in [2.45, 2.75) is 18.2 Å². The Morgan fingerprint density at radius 1 is 1.24 bits per heavy atom. The quantitative estimate of drug-likeness (QED) is 0.795. The van der Waals surface area contributed by atoms with Gasteiger partial charge in [-0.3, -0.25) is 4.79 Å². The summed E-state index contributed by atoms with van der Waals surface area (Å²) < 4.78 is 0. The van der Waals surface area contributed by atoms with Crippen LogP contribution in [0.5, 0.6) is 0 Å². The van der Waals surface area contributed by atoms with E-state index in [1.807, 2.05) is 36.6 Å². The lowest BCUT2D eigenvalue weighted by atomic mass is 10.3. The van der Waals surface area contributed by atoms with Crippen LogP contribution in [0, 0.1) is 0 Å². The Morgan fingerprint density at radius 2 is 2.10 bits per heavy atom. The number of pyridine rings is 1. The van der Waals surface area contributed by atoms with Gasteiger partial charge in [0.25, 0.3) is 5.91 Å². The Bertz CT molecular complexity index is 599. The number of amides is 1. The number of rotatable bonds is 6. The lowest BCUT2D eigenvalue weighted by Gasteiger charge is -2.07. The number of benzene rings is 1. The van der Waals surface area contributed by atoms with Gasteiger partial charge >= 0.3 is 0 Å². The number of anilines is 2. The lowest BCUT2D eigenvalue weighted by molar-refractivity contribution is 0.102. The predicted molar refractivity (Wildman–Crippen MR) is 89.2 cm³/mol. The SMILES string of the molecule is CCCNc1ccc(C(=O)Nc2cccc(SC)c2)nc1. The molecule has 21 heavy (non-hydrogen) atoms. The van der Waals surface area contributed by atoms with Crippen molar-refractivity contribution in [2.75, 3.05) is 23.4 Å². The molecule has 0 saturated carbocycles. The largest absolute Gasteiger partial charge is 0.384 e. The minimum absolute atomic E-state index is 0.199. The minimum Gasteiger partial charge on any atom is -0.384 e. The third-order valence-corrected chi connectivity index (χ3v) is 3.63. The van der Waals surface area contributed by atoms with Crippen molar-refractivity contribution >= 4 is 29.0 Å². The second-order valence-corrected chi connectivity index (χ2v) is 5.42. The molecule has 1 heterocycles. The highest BCUT2D eigenvalue weighted by atomic mass is 32.2. The molecule has 0 aliphatic heterocycles. The van der Waals surface area contributed by atoms with Crippen molar-refractivity contribution in [3.63, 3.8) is 0 Å². The summed E-state index contributed by atoms with van der Waals surface area (Å²) in [5, 5.41) is 6.09. The van der Waals surface area contributed by atoms with Crippen LogP contribution in [0.25, 0.3) is 0 Å². The van der Waals surface area contributed by atoms with Gasteiger partial charge in [0.1, 0.15) is 5.69 Å². The van der Waals surface area contributed by atoms with Gasteiger partial charge < -0.3 is 10.6 Å². The first kappa shape index (κ1) is 15.4. The van der Waals surface area contributed by atoms with E-state index in [0.717, 1.165) is 29.2 Å². The molecule has 0 spiro atoms. The molecular weight excluding hydrogens is 282 g/mol. The van der Waals surface area contributed by atoms with Gasteiger partial charge in [0, 0.05) is 17.1 Å². The van der Waals surface area contributed by atoms with E-state index in [1.54, 1.807) is 24.0 Å². The average Bonchev–Trinajstić information content (AvgIpc) is 2.53. The maximum atomic E-state index is 12.1. The highest BCUT2D eigenvalue weighted by Crippen LogP contribution is 2.19. The summed E-state index contributed by atoms with van der Waals surface area (Å²) in [5.74, 6) is -0.199.